The van der Waals surface area contributed by atoms with Crippen LogP contribution in [0, 0.1) is 0 Å². The van der Waals surface area contributed by atoms with Crippen LogP contribution in [0.3, 0.4) is 0 Å². The zero-order valence-corrected chi connectivity index (χ0v) is 11.2. The molecule has 0 amide bonds. The van der Waals surface area contributed by atoms with E-state index in [1.54, 1.807) is 0 Å². The van der Waals surface area contributed by atoms with E-state index in [1.807, 2.05) is 0 Å². The van der Waals surface area contributed by atoms with Crippen LogP contribution in [0.4, 0.5) is 26.3 Å². The molecule has 0 unspecified atom stereocenters. The monoisotopic (exact) mass is 341 g/mol. The summed E-state index contributed by atoms with van der Waals surface area (Å²) >= 11 is 5.43. The van der Waals surface area contributed by atoms with Gasteiger partial charge in [-0.3, -0.25) is 0 Å². The molecular formula is C13H6ClF6NO. The molecule has 0 aliphatic carbocycles. The lowest BCUT2D eigenvalue weighted by Crippen LogP contribution is -2.17. The Morgan fingerprint density at radius 3 is 2.23 bits per heavy atom. The van der Waals surface area contributed by atoms with Crippen LogP contribution in [-0.4, -0.2) is 11.3 Å². The van der Waals surface area contributed by atoms with Gasteiger partial charge in [0.15, 0.2) is 5.69 Å². The van der Waals surface area contributed by atoms with Crippen LogP contribution >= 0.6 is 11.6 Å². The third-order valence-electron chi connectivity index (χ3n) is 2.48. The molecule has 2 nitrogen and oxygen atoms in total. The van der Waals surface area contributed by atoms with Crippen LogP contribution in [0.15, 0.2) is 36.4 Å². The second-order valence-electron chi connectivity index (χ2n) is 4.10. The molecule has 0 radical (unpaired) electrons. The Balaban J connectivity index is 2.43. The average Bonchev–Trinajstić information content (AvgIpc) is 2.36. The van der Waals surface area contributed by atoms with Gasteiger partial charge < -0.3 is 4.74 Å². The first kappa shape index (κ1) is 16.4. The molecule has 0 fully saturated rings. The van der Waals surface area contributed by atoms with E-state index in [4.69, 9.17) is 11.6 Å². The van der Waals surface area contributed by atoms with E-state index in [0.29, 0.717) is 0 Å². The third-order valence-corrected chi connectivity index (χ3v) is 2.78. The molecule has 1 aromatic carbocycles. The van der Waals surface area contributed by atoms with Crippen molar-refractivity contribution in [2.24, 2.45) is 0 Å². The predicted molar refractivity (Wildman–Crippen MR) is 66.4 cm³/mol. The molecule has 1 aromatic heterocycles. The number of ether oxygens (including phenoxy) is 1. The minimum atomic E-state index is -4.90. The van der Waals surface area contributed by atoms with E-state index >= 15 is 0 Å². The minimum Gasteiger partial charge on any atom is -0.406 e. The fourth-order valence-corrected chi connectivity index (χ4v) is 1.87. The van der Waals surface area contributed by atoms with Crippen molar-refractivity contribution in [3.63, 3.8) is 0 Å². The first-order valence-corrected chi connectivity index (χ1v) is 6.04. The van der Waals surface area contributed by atoms with Gasteiger partial charge in [0.25, 0.3) is 0 Å². The Morgan fingerprint density at radius 2 is 1.64 bits per heavy atom. The summed E-state index contributed by atoms with van der Waals surface area (Å²) in [6, 6.07) is 6.62. The van der Waals surface area contributed by atoms with Crippen molar-refractivity contribution in [3.05, 3.63) is 47.1 Å². The number of hydrogen-bond donors (Lipinski definition) is 0. The molecule has 1 heterocycles. The Kier molecular flexibility index (Phi) is 4.23. The van der Waals surface area contributed by atoms with Gasteiger partial charge in [0.1, 0.15) is 5.75 Å². The maximum absolute atomic E-state index is 12.7. The van der Waals surface area contributed by atoms with Crippen molar-refractivity contribution in [1.29, 1.82) is 0 Å². The zero-order chi connectivity index (χ0) is 16.5. The summed E-state index contributed by atoms with van der Waals surface area (Å²) in [4.78, 5) is 3.36. The maximum Gasteiger partial charge on any atom is 0.573 e. The van der Waals surface area contributed by atoms with Crippen LogP contribution in [-0.2, 0) is 6.18 Å². The number of pyridine rings is 1. The second kappa shape index (κ2) is 5.68. The molecular weight excluding hydrogens is 336 g/mol. The second-order valence-corrected chi connectivity index (χ2v) is 4.51. The number of hydrogen-bond acceptors (Lipinski definition) is 2. The largest absolute Gasteiger partial charge is 0.573 e. The molecule has 0 saturated carbocycles. The molecule has 118 valence electrons. The molecule has 0 saturated heterocycles. The standard InChI is InChI=1S/C13H6ClF6NO/c14-9-4-5-10(21-11(9)12(15,16)17)7-2-1-3-8(6-7)22-13(18,19)20/h1-6H. The summed E-state index contributed by atoms with van der Waals surface area (Å²) < 4.78 is 78.3. The molecule has 2 rings (SSSR count). The van der Waals surface area contributed by atoms with Crippen molar-refractivity contribution >= 4 is 11.6 Å². The predicted octanol–water partition coefficient (Wildman–Crippen LogP) is 5.32. The normalized spacial score (nSPS) is 12.3. The van der Waals surface area contributed by atoms with Gasteiger partial charge in [-0.2, -0.15) is 13.2 Å². The van der Waals surface area contributed by atoms with Gasteiger partial charge in [-0.15, -0.1) is 13.2 Å². The number of nitrogens with zero attached hydrogens (tertiary/aromatic N) is 1. The molecule has 0 aliphatic heterocycles. The van der Waals surface area contributed by atoms with Crippen molar-refractivity contribution in [2.75, 3.05) is 0 Å². The van der Waals surface area contributed by atoms with Crippen molar-refractivity contribution in [1.82, 2.24) is 4.98 Å². The topological polar surface area (TPSA) is 22.1 Å². The van der Waals surface area contributed by atoms with Crippen LogP contribution < -0.4 is 4.74 Å². The highest BCUT2D eigenvalue weighted by Crippen LogP contribution is 2.35. The highest BCUT2D eigenvalue weighted by molar-refractivity contribution is 6.31. The number of alkyl halides is 6. The van der Waals surface area contributed by atoms with Gasteiger partial charge in [0.2, 0.25) is 0 Å². The van der Waals surface area contributed by atoms with E-state index in [-0.39, 0.29) is 11.3 Å². The highest BCUT2D eigenvalue weighted by atomic mass is 35.5. The van der Waals surface area contributed by atoms with Gasteiger partial charge in [0, 0.05) is 5.56 Å². The summed E-state index contributed by atoms with van der Waals surface area (Å²) in [5, 5.41) is -0.598. The van der Waals surface area contributed by atoms with E-state index in [2.05, 4.69) is 9.72 Å². The van der Waals surface area contributed by atoms with Gasteiger partial charge >= 0.3 is 12.5 Å². The third kappa shape index (κ3) is 4.03. The zero-order valence-electron chi connectivity index (χ0n) is 10.5. The summed E-state index contributed by atoms with van der Waals surface area (Å²) in [6.07, 6.45) is -9.67. The minimum absolute atomic E-state index is 0.0314. The summed E-state index contributed by atoms with van der Waals surface area (Å²) in [6.45, 7) is 0. The summed E-state index contributed by atoms with van der Waals surface area (Å²) in [5.41, 5.74) is -1.46. The van der Waals surface area contributed by atoms with Crippen molar-refractivity contribution in [2.45, 2.75) is 12.5 Å². The van der Waals surface area contributed by atoms with Crippen LogP contribution in [0.5, 0.6) is 5.75 Å². The van der Waals surface area contributed by atoms with Gasteiger partial charge in [-0.25, -0.2) is 4.98 Å². The molecule has 9 heteroatoms. The van der Waals surface area contributed by atoms with Gasteiger partial charge in [-0.1, -0.05) is 23.7 Å². The van der Waals surface area contributed by atoms with Crippen molar-refractivity contribution in [3.8, 4) is 17.0 Å². The van der Waals surface area contributed by atoms with E-state index in [1.165, 1.54) is 18.2 Å². The summed E-state index contributed by atoms with van der Waals surface area (Å²) in [7, 11) is 0. The molecule has 2 aromatic rings. The fraction of sp³-hybridized carbons (Fsp3) is 0.154. The smallest absolute Gasteiger partial charge is 0.406 e. The van der Waals surface area contributed by atoms with Gasteiger partial charge in [0.05, 0.1) is 10.7 Å². The Morgan fingerprint density at radius 1 is 0.955 bits per heavy atom. The Hall–Kier alpha value is -1.96. The quantitative estimate of drug-likeness (QED) is 0.690. The SMILES string of the molecule is FC(F)(F)Oc1cccc(-c2ccc(Cl)c(C(F)(F)F)n2)c1. The molecule has 0 bridgehead atoms. The Labute approximate surface area is 125 Å². The maximum atomic E-state index is 12.7. The lowest BCUT2D eigenvalue weighted by Gasteiger charge is -2.12. The molecule has 22 heavy (non-hydrogen) atoms. The van der Waals surface area contributed by atoms with E-state index in [0.717, 1.165) is 18.2 Å². The van der Waals surface area contributed by atoms with Crippen molar-refractivity contribution < 1.29 is 31.1 Å². The highest BCUT2D eigenvalue weighted by Gasteiger charge is 2.35. The number of benzene rings is 1. The molecule has 0 N–H and O–H groups in total. The Bertz CT molecular complexity index is 683. The average molecular weight is 342 g/mol. The number of aromatic nitrogens is 1. The molecule has 0 spiro atoms. The van der Waals surface area contributed by atoms with Crippen LogP contribution in [0.2, 0.25) is 5.02 Å². The molecule has 0 atom stereocenters. The first-order valence-electron chi connectivity index (χ1n) is 5.66. The van der Waals surface area contributed by atoms with E-state index in [9.17, 15) is 26.3 Å². The van der Waals surface area contributed by atoms with Gasteiger partial charge in [-0.05, 0) is 24.3 Å². The fourth-order valence-electron chi connectivity index (χ4n) is 1.65. The number of halogens is 7. The number of rotatable bonds is 2. The van der Waals surface area contributed by atoms with Crippen LogP contribution in [0.25, 0.3) is 11.3 Å². The summed E-state index contributed by atoms with van der Waals surface area (Å²) in [5.74, 6) is -0.560. The molecule has 0 aliphatic rings. The van der Waals surface area contributed by atoms with E-state index < -0.39 is 29.0 Å². The lowest BCUT2D eigenvalue weighted by molar-refractivity contribution is -0.274. The van der Waals surface area contributed by atoms with Crippen LogP contribution in [0.1, 0.15) is 5.69 Å². The first-order chi connectivity index (χ1) is 10.1. The lowest BCUT2D eigenvalue weighted by atomic mass is 10.1.